The first kappa shape index (κ1) is 14.3. The Kier molecular flexibility index (Phi) is 3.40. The molecule has 0 aliphatic heterocycles. The summed E-state index contributed by atoms with van der Waals surface area (Å²) in [5, 5.41) is 6.58. The van der Waals surface area contributed by atoms with Crippen molar-refractivity contribution in [1.82, 2.24) is 9.61 Å². The maximum atomic E-state index is 13.3. The Morgan fingerprint density at radius 1 is 1.32 bits per heavy atom. The molecule has 0 bridgehead atoms. The molecule has 1 N–H and O–H groups in total. The van der Waals surface area contributed by atoms with Gasteiger partial charge in [-0.2, -0.15) is 5.10 Å². The number of pyridine rings is 1. The average molecular weight is 297 g/mol. The van der Waals surface area contributed by atoms with Crippen LogP contribution in [0.5, 0.6) is 0 Å². The van der Waals surface area contributed by atoms with Crippen molar-refractivity contribution in [2.45, 2.75) is 6.92 Å². The predicted molar refractivity (Wildman–Crippen MR) is 79.6 cm³/mol. The van der Waals surface area contributed by atoms with Crippen LogP contribution in [-0.2, 0) is 0 Å². The van der Waals surface area contributed by atoms with Crippen LogP contribution >= 0.6 is 0 Å². The highest BCUT2D eigenvalue weighted by Gasteiger charge is 2.14. The lowest BCUT2D eigenvalue weighted by molar-refractivity contribution is 0.102. The Morgan fingerprint density at radius 2 is 2.09 bits per heavy atom. The summed E-state index contributed by atoms with van der Waals surface area (Å²) in [4.78, 5) is 12.3. The largest absolute Gasteiger partial charge is 0.322 e. The summed E-state index contributed by atoms with van der Waals surface area (Å²) in [7, 11) is 5.51. The van der Waals surface area contributed by atoms with Crippen LogP contribution < -0.4 is 10.8 Å². The third-order valence-electron chi connectivity index (χ3n) is 3.32. The first-order valence-corrected chi connectivity index (χ1v) is 6.45. The van der Waals surface area contributed by atoms with Crippen LogP contribution in [0.4, 0.5) is 14.5 Å². The standard InChI is InChI=1S/C15H10BF2N3O/c1-8-4-12(18)11(16)5-13(8)20-15(22)10-6-19-21-7-9(17)2-3-14(10)21/h2-7H,1H3,(H,20,22). The minimum Gasteiger partial charge on any atom is -0.322 e. The molecular formula is C15H10BF2N3O. The number of amides is 1. The number of anilines is 1. The van der Waals surface area contributed by atoms with Crippen molar-refractivity contribution in [3.63, 3.8) is 0 Å². The molecule has 0 spiro atoms. The summed E-state index contributed by atoms with van der Waals surface area (Å²) < 4.78 is 27.7. The van der Waals surface area contributed by atoms with Crippen molar-refractivity contribution >= 4 is 30.4 Å². The zero-order valence-electron chi connectivity index (χ0n) is 11.6. The Morgan fingerprint density at radius 3 is 2.86 bits per heavy atom. The number of nitrogens with one attached hydrogen (secondary N) is 1. The van der Waals surface area contributed by atoms with Crippen molar-refractivity contribution in [2.24, 2.45) is 0 Å². The van der Waals surface area contributed by atoms with E-state index >= 15 is 0 Å². The quantitative estimate of drug-likeness (QED) is 0.735. The van der Waals surface area contributed by atoms with Gasteiger partial charge in [0.1, 0.15) is 19.5 Å². The van der Waals surface area contributed by atoms with E-state index in [1.165, 1.54) is 41.2 Å². The number of nitrogens with zero attached hydrogens (tertiary/aromatic N) is 2. The second kappa shape index (κ2) is 5.25. The number of hydrogen-bond acceptors (Lipinski definition) is 2. The number of hydrogen-bond donors (Lipinski definition) is 1. The fourth-order valence-electron chi connectivity index (χ4n) is 2.15. The van der Waals surface area contributed by atoms with Gasteiger partial charge in [-0.05, 0) is 36.8 Å². The fraction of sp³-hybridized carbons (Fsp3) is 0.0667. The van der Waals surface area contributed by atoms with Crippen molar-refractivity contribution < 1.29 is 13.6 Å². The van der Waals surface area contributed by atoms with E-state index in [2.05, 4.69) is 10.4 Å². The van der Waals surface area contributed by atoms with Crippen molar-refractivity contribution in [3.8, 4) is 0 Å². The summed E-state index contributed by atoms with van der Waals surface area (Å²) in [6.07, 6.45) is 2.51. The summed E-state index contributed by atoms with van der Waals surface area (Å²) in [6.45, 7) is 1.66. The maximum Gasteiger partial charge on any atom is 0.259 e. The lowest BCUT2D eigenvalue weighted by atomic mass is 9.93. The number of halogens is 2. The van der Waals surface area contributed by atoms with E-state index in [4.69, 9.17) is 7.85 Å². The van der Waals surface area contributed by atoms with Gasteiger partial charge in [0.05, 0.1) is 23.5 Å². The third kappa shape index (κ3) is 2.45. The molecule has 1 amide bonds. The molecule has 1 aromatic carbocycles. The number of carbonyl (C=O) groups excluding carboxylic acids is 1. The Hall–Kier alpha value is -2.70. The van der Waals surface area contributed by atoms with Gasteiger partial charge in [0, 0.05) is 5.69 Å². The monoisotopic (exact) mass is 297 g/mol. The molecule has 0 saturated carbocycles. The summed E-state index contributed by atoms with van der Waals surface area (Å²) >= 11 is 0. The second-order valence-corrected chi connectivity index (χ2v) is 4.88. The summed E-state index contributed by atoms with van der Waals surface area (Å²) in [5.74, 6) is -1.43. The van der Waals surface area contributed by atoms with E-state index in [0.29, 0.717) is 16.8 Å². The topological polar surface area (TPSA) is 46.4 Å². The number of benzene rings is 1. The molecule has 4 nitrogen and oxygen atoms in total. The molecular weight excluding hydrogens is 287 g/mol. The van der Waals surface area contributed by atoms with Crippen LogP contribution in [0.15, 0.2) is 36.7 Å². The van der Waals surface area contributed by atoms with Gasteiger partial charge in [-0.15, -0.1) is 0 Å². The Labute approximate surface area is 126 Å². The zero-order valence-corrected chi connectivity index (χ0v) is 11.6. The molecule has 3 aromatic rings. The number of fused-ring (bicyclic) bond motifs is 1. The molecule has 0 aliphatic rings. The molecule has 7 heteroatoms. The van der Waals surface area contributed by atoms with E-state index in [0.717, 1.165) is 0 Å². The first-order valence-electron chi connectivity index (χ1n) is 6.45. The molecule has 0 atom stereocenters. The van der Waals surface area contributed by atoms with Gasteiger partial charge >= 0.3 is 0 Å². The van der Waals surface area contributed by atoms with Crippen molar-refractivity contribution in [2.75, 3.05) is 5.32 Å². The molecule has 2 aromatic heterocycles. The molecule has 0 fully saturated rings. The van der Waals surface area contributed by atoms with Crippen molar-refractivity contribution in [3.05, 3.63) is 59.4 Å². The van der Waals surface area contributed by atoms with Crippen LogP contribution in [0.2, 0.25) is 0 Å². The first-order chi connectivity index (χ1) is 10.5. The van der Waals surface area contributed by atoms with Gasteiger partial charge in [-0.3, -0.25) is 4.79 Å². The van der Waals surface area contributed by atoms with Crippen LogP contribution in [0, 0.1) is 18.6 Å². The van der Waals surface area contributed by atoms with E-state index in [-0.39, 0.29) is 11.0 Å². The van der Waals surface area contributed by atoms with Gasteiger partial charge in [0.2, 0.25) is 0 Å². The minimum absolute atomic E-state index is 0.0529. The molecule has 2 radical (unpaired) electrons. The number of rotatable bonds is 2. The van der Waals surface area contributed by atoms with Crippen LogP contribution in [0.3, 0.4) is 0 Å². The Bertz CT molecular complexity index is 892. The Balaban J connectivity index is 1.95. The number of aryl methyl sites for hydroxylation is 1. The van der Waals surface area contributed by atoms with Gasteiger partial charge in [0.15, 0.2) is 0 Å². The smallest absolute Gasteiger partial charge is 0.259 e. The van der Waals surface area contributed by atoms with Gasteiger partial charge in [-0.1, -0.05) is 5.46 Å². The molecule has 0 saturated heterocycles. The van der Waals surface area contributed by atoms with Gasteiger partial charge in [0.25, 0.3) is 5.91 Å². The third-order valence-corrected chi connectivity index (χ3v) is 3.32. The van der Waals surface area contributed by atoms with E-state index in [1.807, 2.05) is 0 Å². The highest BCUT2D eigenvalue weighted by molar-refractivity contribution is 6.33. The lowest BCUT2D eigenvalue weighted by Crippen LogP contribution is -2.16. The average Bonchev–Trinajstić information content (AvgIpc) is 2.87. The van der Waals surface area contributed by atoms with E-state index in [1.54, 1.807) is 6.92 Å². The molecule has 0 unspecified atom stereocenters. The van der Waals surface area contributed by atoms with Crippen LogP contribution in [0.25, 0.3) is 5.52 Å². The van der Waals surface area contributed by atoms with Gasteiger partial charge < -0.3 is 5.32 Å². The van der Waals surface area contributed by atoms with Crippen LogP contribution in [-0.4, -0.2) is 23.4 Å². The summed E-state index contributed by atoms with van der Waals surface area (Å²) in [6, 6.07) is 5.31. The maximum absolute atomic E-state index is 13.3. The van der Waals surface area contributed by atoms with Crippen molar-refractivity contribution in [1.29, 1.82) is 0 Å². The number of carbonyl (C=O) groups is 1. The second-order valence-electron chi connectivity index (χ2n) is 4.88. The molecule has 2 heterocycles. The van der Waals surface area contributed by atoms with E-state index < -0.39 is 17.5 Å². The zero-order chi connectivity index (χ0) is 15.9. The molecule has 108 valence electrons. The minimum atomic E-state index is -0.540. The van der Waals surface area contributed by atoms with Gasteiger partial charge in [-0.25, -0.2) is 13.3 Å². The fourth-order valence-corrected chi connectivity index (χ4v) is 2.15. The summed E-state index contributed by atoms with van der Waals surface area (Å²) in [5.41, 5.74) is 1.64. The van der Waals surface area contributed by atoms with E-state index in [9.17, 15) is 13.6 Å². The SMILES string of the molecule is [B]c1cc(NC(=O)c2cnn3cc(F)ccc23)c(C)cc1F. The highest BCUT2D eigenvalue weighted by Crippen LogP contribution is 2.17. The normalized spacial score (nSPS) is 10.9. The number of aromatic nitrogens is 2. The molecule has 3 rings (SSSR count). The highest BCUT2D eigenvalue weighted by atomic mass is 19.1. The van der Waals surface area contributed by atoms with Crippen LogP contribution in [0.1, 0.15) is 15.9 Å². The molecule has 0 aliphatic carbocycles. The lowest BCUT2D eigenvalue weighted by Gasteiger charge is -2.10. The molecule has 22 heavy (non-hydrogen) atoms. The predicted octanol–water partition coefficient (Wildman–Crippen LogP) is 1.97.